The molecule has 4 heterocycles. The molecule has 37 heavy (non-hydrogen) atoms. The van der Waals surface area contributed by atoms with Gasteiger partial charge in [0.15, 0.2) is 10.8 Å². The molecule has 1 saturated carbocycles. The average molecular weight is 559 g/mol. The number of aliphatic carboxylic acids is 1. The molecule has 14 heteroatoms. The SMILES string of the molecule is Nc1nc(/C(=N\OC2CC2)C(=O)N[C@@H]2C(=O)N3C(C(=O)O)=C(CS/C=C\c4cccnc4)CS[C@H]23)cs1. The van der Waals surface area contributed by atoms with E-state index in [1.165, 1.54) is 28.4 Å². The lowest BCUT2D eigenvalue weighted by molar-refractivity contribution is -0.150. The highest BCUT2D eigenvalue weighted by atomic mass is 32.2. The number of nitrogens with zero attached hydrogens (tertiary/aromatic N) is 4. The predicted octanol–water partition coefficient (Wildman–Crippen LogP) is 2.15. The summed E-state index contributed by atoms with van der Waals surface area (Å²) in [6.45, 7) is 0. The average Bonchev–Trinajstić information content (AvgIpc) is 3.63. The monoisotopic (exact) mass is 558 g/mol. The highest BCUT2D eigenvalue weighted by molar-refractivity contribution is 8.02. The molecule has 3 aliphatic rings. The molecule has 192 valence electrons. The van der Waals surface area contributed by atoms with E-state index in [0.29, 0.717) is 17.1 Å². The van der Waals surface area contributed by atoms with E-state index in [0.717, 1.165) is 29.7 Å². The van der Waals surface area contributed by atoms with E-state index in [-0.39, 0.29) is 28.3 Å². The number of fused-ring (bicyclic) bond motifs is 1. The van der Waals surface area contributed by atoms with E-state index in [2.05, 4.69) is 20.4 Å². The summed E-state index contributed by atoms with van der Waals surface area (Å²) in [6.07, 6.45) is 6.99. The normalized spacial score (nSPS) is 21.6. The zero-order valence-corrected chi connectivity index (χ0v) is 21.7. The minimum atomic E-state index is -1.17. The molecule has 4 N–H and O–H groups in total. The van der Waals surface area contributed by atoms with Crippen LogP contribution in [0.15, 0.2) is 51.7 Å². The summed E-state index contributed by atoms with van der Waals surface area (Å²) >= 11 is 4.00. The molecule has 0 unspecified atom stereocenters. The van der Waals surface area contributed by atoms with Crippen LogP contribution in [0.2, 0.25) is 0 Å². The number of aromatic nitrogens is 2. The second-order valence-electron chi connectivity index (χ2n) is 8.33. The van der Waals surface area contributed by atoms with Gasteiger partial charge in [-0.15, -0.1) is 34.9 Å². The van der Waals surface area contributed by atoms with Gasteiger partial charge in [-0.25, -0.2) is 9.78 Å². The molecule has 2 atom stereocenters. The van der Waals surface area contributed by atoms with E-state index in [9.17, 15) is 19.5 Å². The maximum Gasteiger partial charge on any atom is 0.352 e. The van der Waals surface area contributed by atoms with Gasteiger partial charge in [-0.3, -0.25) is 19.5 Å². The number of nitrogen functional groups attached to an aromatic ring is 1. The van der Waals surface area contributed by atoms with Crippen molar-refractivity contribution in [1.82, 2.24) is 20.2 Å². The number of hydrogen-bond acceptors (Lipinski definition) is 11. The highest BCUT2D eigenvalue weighted by Crippen LogP contribution is 2.41. The number of thioether (sulfide) groups is 2. The third kappa shape index (κ3) is 5.65. The third-order valence-corrected chi connectivity index (χ3v) is 8.49. The Hall–Kier alpha value is -3.36. The Kier molecular flexibility index (Phi) is 7.48. The highest BCUT2D eigenvalue weighted by Gasteiger charge is 2.54. The number of pyridine rings is 1. The molecule has 0 aromatic carbocycles. The second-order valence-corrected chi connectivity index (χ2v) is 11.2. The quantitative estimate of drug-likeness (QED) is 0.224. The summed E-state index contributed by atoms with van der Waals surface area (Å²) < 4.78 is 0. The van der Waals surface area contributed by atoms with Crippen molar-refractivity contribution in [2.75, 3.05) is 17.2 Å². The number of oxime groups is 1. The molecule has 2 aromatic rings. The molecule has 11 nitrogen and oxygen atoms in total. The number of rotatable bonds is 10. The zero-order valence-electron chi connectivity index (χ0n) is 19.3. The molecule has 0 radical (unpaired) electrons. The maximum atomic E-state index is 13.1. The van der Waals surface area contributed by atoms with Crippen molar-refractivity contribution in [3.63, 3.8) is 0 Å². The molecule has 2 fully saturated rings. The second kappa shape index (κ2) is 10.9. The van der Waals surface area contributed by atoms with Crippen molar-refractivity contribution >= 4 is 69.6 Å². The number of carboxylic acid groups (broad SMARTS) is 1. The van der Waals surface area contributed by atoms with Crippen LogP contribution in [-0.4, -0.2) is 72.5 Å². The van der Waals surface area contributed by atoms with Gasteiger partial charge in [0.1, 0.15) is 28.9 Å². The number of thiazole rings is 1. The Morgan fingerprint density at radius 1 is 1.41 bits per heavy atom. The van der Waals surface area contributed by atoms with E-state index in [1.807, 2.05) is 23.6 Å². The Morgan fingerprint density at radius 3 is 2.92 bits per heavy atom. The zero-order chi connectivity index (χ0) is 25.9. The van der Waals surface area contributed by atoms with E-state index in [4.69, 9.17) is 10.6 Å². The molecule has 1 aliphatic carbocycles. The van der Waals surface area contributed by atoms with Crippen LogP contribution < -0.4 is 11.1 Å². The Morgan fingerprint density at radius 2 is 2.24 bits per heavy atom. The Labute approximate surface area is 224 Å². The van der Waals surface area contributed by atoms with Gasteiger partial charge < -0.3 is 21.0 Å². The van der Waals surface area contributed by atoms with Crippen molar-refractivity contribution in [3.8, 4) is 0 Å². The summed E-state index contributed by atoms with van der Waals surface area (Å²) in [4.78, 5) is 52.9. The number of anilines is 1. The lowest BCUT2D eigenvalue weighted by Crippen LogP contribution is -2.71. The number of nitrogens with two attached hydrogens (primary N) is 1. The minimum absolute atomic E-state index is 0.0280. The van der Waals surface area contributed by atoms with Crippen LogP contribution in [0.5, 0.6) is 0 Å². The smallest absolute Gasteiger partial charge is 0.352 e. The van der Waals surface area contributed by atoms with Gasteiger partial charge in [0.25, 0.3) is 11.8 Å². The van der Waals surface area contributed by atoms with Gasteiger partial charge >= 0.3 is 5.97 Å². The number of carbonyl (C=O) groups is 3. The fraction of sp³-hybridized carbons (Fsp3) is 0.304. The fourth-order valence-electron chi connectivity index (χ4n) is 3.66. The summed E-state index contributed by atoms with van der Waals surface area (Å²) in [5, 5.41) is 19.7. The fourth-order valence-corrected chi connectivity index (χ4v) is 6.47. The van der Waals surface area contributed by atoms with Crippen LogP contribution in [0, 0.1) is 0 Å². The standard InChI is InChI=1S/C23H22N6O5S3/c24-23-26-15(11-37-23)16(28-34-14-3-4-14)19(30)27-17-20(31)29-18(22(32)33)13(10-36-21(17)29)9-35-7-5-12-2-1-6-25-8-12/h1-2,5-8,11,14,17,21H,3-4,9-10H2,(H2,24,26)(H,27,30)(H,32,33)/b7-5-,28-16+/t17-,21-/m1/s1. The first-order chi connectivity index (χ1) is 17.9. The third-order valence-electron chi connectivity index (χ3n) is 5.63. The van der Waals surface area contributed by atoms with E-state index >= 15 is 0 Å². The first-order valence-corrected chi connectivity index (χ1v) is 14.2. The Balaban J connectivity index is 1.26. The van der Waals surface area contributed by atoms with Gasteiger partial charge in [-0.05, 0) is 41.5 Å². The molecule has 0 bridgehead atoms. The van der Waals surface area contributed by atoms with Crippen LogP contribution in [0.4, 0.5) is 5.13 Å². The van der Waals surface area contributed by atoms with Crippen LogP contribution in [0.1, 0.15) is 24.1 Å². The molecule has 5 rings (SSSR count). The van der Waals surface area contributed by atoms with Crippen molar-refractivity contribution in [1.29, 1.82) is 0 Å². The van der Waals surface area contributed by atoms with Gasteiger partial charge in [-0.2, -0.15) is 0 Å². The van der Waals surface area contributed by atoms with E-state index < -0.39 is 29.2 Å². The van der Waals surface area contributed by atoms with Crippen LogP contribution in [0.3, 0.4) is 0 Å². The van der Waals surface area contributed by atoms with Crippen molar-refractivity contribution in [2.45, 2.75) is 30.4 Å². The number of amides is 2. The molecule has 0 spiro atoms. The van der Waals surface area contributed by atoms with Crippen LogP contribution >= 0.6 is 34.9 Å². The number of hydrogen-bond donors (Lipinski definition) is 3. The lowest BCUT2D eigenvalue weighted by Gasteiger charge is -2.49. The number of β-lactam (4-membered cyclic amide) rings is 1. The largest absolute Gasteiger partial charge is 0.477 e. The molecule has 2 aromatic heterocycles. The summed E-state index contributed by atoms with van der Waals surface area (Å²) in [5.74, 6) is -1.46. The first kappa shape index (κ1) is 25.3. The molecule has 1 saturated heterocycles. The van der Waals surface area contributed by atoms with Crippen LogP contribution in [-0.2, 0) is 19.2 Å². The summed E-state index contributed by atoms with van der Waals surface area (Å²) in [6, 6.07) is 2.85. The molecular formula is C23H22N6O5S3. The van der Waals surface area contributed by atoms with Crippen molar-refractivity contribution in [2.24, 2.45) is 5.16 Å². The molecular weight excluding hydrogens is 536 g/mol. The van der Waals surface area contributed by atoms with Gasteiger partial charge in [0.2, 0.25) is 0 Å². The van der Waals surface area contributed by atoms with Crippen LogP contribution in [0.25, 0.3) is 6.08 Å². The maximum absolute atomic E-state index is 13.1. The topological polar surface area (TPSA) is 160 Å². The van der Waals surface area contributed by atoms with Crippen molar-refractivity contribution in [3.05, 3.63) is 57.8 Å². The summed E-state index contributed by atoms with van der Waals surface area (Å²) in [7, 11) is 0. The predicted molar refractivity (Wildman–Crippen MR) is 143 cm³/mol. The minimum Gasteiger partial charge on any atom is -0.477 e. The van der Waals surface area contributed by atoms with Gasteiger partial charge in [-0.1, -0.05) is 11.2 Å². The van der Waals surface area contributed by atoms with E-state index in [1.54, 1.807) is 17.8 Å². The summed E-state index contributed by atoms with van der Waals surface area (Å²) in [5.41, 5.74) is 7.44. The molecule has 2 amide bonds. The number of nitrogens with one attached hydrogen (secondary N) is 1. The number of carbonyl (C=O) groups excluding carboxylic acids is 2. The number of carboxylic acids is 1. The lowest BCUT2D eigenvalue weighted by atomic mass is 10.0. The Bertz CT molecular complexity index is 1310. The van der Waals surface area contributed by atoms with Crippen molar-refractivity contribution < 1.29 is 24.3 Å². The first-order valence-electron chi connectivity index (χ1n) is 11.3. The molecule has 2 aliphatic heterocycles. The van der Waals surface area contributed by atoms with Gasteiger partial charge in [0.05, 0.1) is 0 Å². The van der Waals surface area contributed by atoms with Gasteiger partial charge in [0, 0.05) is 29.3 Å².